The summed E-state index contributed by atoms with van der Waals surface area (Å²) < 4.78 is 22.7. The van der Waals surface area contributed by atoms with E-state index >= 15 is 0 Å². The lowest BCUT2D eigenvalue weighted by molar-refractivity contribution is -0.314. The minimum atomic E-state index is -1.29. The molecule has 0 aromatic carbocycles. The Labute approximate surface area is 226 Å². The largest absolute Gasteiger partial charge is 0.463 e. The zero-order valence-corrected chi connectivity index (χ0v) is 23.4. The van der Waals surface area contributed by atoms with E-state index in [0.29, 0.717) is 24.9 Å². The molecule has 1 heterocycles. The van der Waals surface area contributed by atoms with Gasteiger partial charge in [0.25, 0.3) is 0 Å². The Bertz CT molecular complexity index is 884. The molecule has 4 saturated carbocycles. The molecule has 4 N–H and O–H groups in total. The standard InChI is InChI=1S/C29H48O9/c1-17(31)36-13-19-24(35-4)22(32)23(33)25(38-19)37-16-26(2)9-5-10-27(3)20(26)8-11-28-12-18(6-7-21(27)28)29(34,14-28)15-30/h18-25,30,32-34H,5-16H2,1-4H3/t18-,19-,20-,21+,22-,23-,24-,25-,26+,27-,28+,29+/m1/s1. The van der Waals surface area contributed by atoms with E-state index in [1.54, 1.807) is 0 Å². The Morgan fingerprint density at radius 2 is 1.82 bits per heavy atom. The number of aliphatic hydroxyl groups excluding tert-OH is 3. The van der Waals surface area contributed by atoms with Crippen LogP contribution in [0.25, 0.3) is 0 Å². The smallest absolute Gasteiger partial charge is 0.302 e. The van der Waals surface area contributed by atoms with Gasteiger partial charge < -0.3 is 39.4 Å². The summed E-state index contributed by atoms with van der Waals surface area (Å²) in [6.45, 7) is 6.20. The van der Waals surface area contributed by atoms with Gasteiger partial charge in [-0.2, -0.15) is 0 Å². The zero-order chi connectivity index (χ0) is 27.5. The number of fused-ring (bicyclic) bond motifs is 3. The number of ether oxygens (including phenoxy) is 4. The van der Waals surface area contributed by atoms with Gasteiger partial charge in [-0.05, 0) is 85.4 Å². The van der Waals surface area contributed by atoms with Crippen LogP contribution in [0.3, 0.4) is 0 Å². The first-order chi connectivity index (χ1) is 17.9. The molecule has 0 aromatic heterocycles. The molecule has 1 saturated heterocycles. The average Bonchev–Trinajstić information content (AvgIpc) is 3.08. The maximum atomic E-state index is 11.4. The van der Waals surface area contributed by atoms with Crippen molar-refractivity contribution in [2.45, 2.75) is 115 Å². The van der Waals surface area contributed by atoms with Crippen LogP contribution in [0.4, 0.5) is 0 Å². The molecule has 5 aliphatic rings. The molecule has 0 unspecified atom stereocenters. The summed E-state index contributed by atoms with van der Waals surface area (Å²) in [5.74, 6) is 0.681. The molecule has 2 bridgehead atoms. The van der Waals surface area contributed by atoms with Crippen LogP contribution in [-0.2, 0) is 23.7 Å². The first-order valence-electron chi connectivity index (χ1n) is 14.5. The van der Waals surface area contributed by atoms with Crippen LogP contribution in [0.1, 0.15) is 78.6 Å². The van der Waals surface area contributed by atoms with Gasteiger partial charge in [-0.3, -0.25) is 4.79 Å². The molecule has 0 amide bonds. The van der Waals surface area contributed by atoms with Crippen molar-refractivity contribution in [1.29, 1.82) is 0 Å². The number of hydrogen-bond donors (Lipinski definition) is 4. The van der Waals surface area contributed by atoms with Crippen LogP contribution in [-0.4, -0.2) is 89.6 Å². The van der Waals surface area contributed by atoms with Crippen LogP contribution >= 0.6 is 0 Å². The van der Waals surface area contributed by atoms with Crippen molar-refractivity contribution in [3.8, 4) is 0 Å². The van der Waals surface area contributed by atoms with E-state index in [2.05, 4.69) is 13.8 Å². The van der Waals surface area contributed by atoms with Gasteiger partial charge in [0.05, 0.1) is 18.8 Å². The van der Waals surface area contributed by atoms with Gasteiger partial charge in [-0.15, -0.1) is 0 Å². The fraction of sp³-hybridized carbons (Fsp3) is 0.966. The fourth-order valence-electron chi connectivity index (χ4n) is 10.1. The van der Waals surface area contributed by atoms with E-state index in [1.165, 1.54) is 14.0 Å². The Balaban J connectivity index is 1.31. The van der Waals surface area contributed by atoms with Gasteiger partial charge in [0.1, 0.15) is 31.0 Å². The molecule has 5 fully saturated rings. The lowest BCUT2D eigenvalue weighted by Gasteiger charge is -2.64. The Morgan fingerprint density at radius 3 is 2.50 bits per heavy atom. The van der Waals surface area contributed by atoms with Crippen molar-refractivity contribution in [3.05, 3.63) is 0 Å². The second kappa shape index (κ2) is 10.2. The quantitative estimate of drug-likeness (QED) is 0.358. The second-order valence-electron chi connectivity index (χ2n) is 13.8. The van der Waals surface area contributed by atoms with E-state index in [0.717, 1.165) is 51.4 Å². The SMILES string of the molecule is CO[C@H]1[C@H](O)[C@@H](O)[C@H](OC[C@]2(C)CCC[C@]3(C)[C@@H]2CC[C@@]24C[C@@H](CC[C@H]23)[C@@](O)(CO)C4)O[C@@H]1COC(C)=O. The molecule has 0 aromatic rings. The van der Waals surface area contributed by atoms with Gasteiger partial charge >= 0.3 is 5.97 Å². The van der Waals surface area contributed by atoms with Crippen molar-refractivity contribution in [3.63, 3.8) is 0 Å². The first kappa shape index (κ1) is 28.7. The fourth-order valence-corrected chi connectivity index (χ4v) is 10.1. The predicted molar refractivity (Wildman–Crippen MR) is 137 cm³/mol. The molecular weight excluding hydrogens is 492 g/mol. The topological polar surface area (TPSA) is 135 Å². The minimum absolute atomic E-state index is 0.0968. The van der Waals surface area contributed by atoms with Crippen molar-refractivity contribution >= 4 is 5.97 Å². The first-order valence-corrected chi connectivity index (χ1v) is 14.5. The molecule has 5 rings (SSSR count). The van der Waals surface area contributed by atoms with Crippen LogP contribution in [0.2, 0.25) is 0 Å². The Kier molecular flexibility index (Phi) is 7.73. The summed E-state index contributed by atoms with van der Waals surface area (Å²) >= 11 is 0. The van der Waals surface area contributed by atoms with Crippen molar-refractivity contribution in [2.24, 2.45) is 34.0 Å². The molecule has 1 aliphatic heterocycles. The highest BCUT2D eigenvalue weighted by Crippen LogP contribution is 2.72. The van der Waals surface area contributed by atoms with Gasteiger partial charge in [0.15, 0.2) is 6.29 Å². The van der Waals surface area contributed by atoms with Crippen molar-refractivity contribution in [1.82, 2.24) is 0 Å². The number of rotatable bonds is 7. The third-order valence-electron chi connectivity index (χ3n) is 11.7. The molecule has 9 nitrogen and oxygen atoms in total. The van der Waals surface area contributed by atoms with Crippen molar-refractivity contribution < 1.29 is 44.2 Å². The number of aliphatic hydroxyl groups is 4. The molecule has 9 heteroatoms. The highest BCUT2D eigenvalue weighted by Gasteiger charge is 2.67. The van der Waals surface area contributed by atoms with E-state index in [4.69, 9.17) is 18.9 Å². The van der Waals surface area contributed by atoms with E-state index in [1.807, 2.05) is 0 Å². The third kappa shape index (κ3) is 4.54. The maximum absolute atomic E-state index is 11.4. The summed E-state index contributed by atoms with van der Waals surface area (Å²) in [7, 11) is 1.42. The second-order valence-corrected chi connectivity index (χ2v) is 13.8. The van der Waals surface area contributed by atoms with Gasteiger partial charge in [-0.1, -0.05) is 20.3 Å². The van der Waals surface area contributed by atoms with E-state index in [-0.39, 0.29) is 35.4 Å². The third-order valence-corrected chi connectivity index (χ3v) is 11.7. The monoisotopic (exact) mass is 540 g/mol. The highest BCUT2D eigenvalue weighted by atomic mass is 16.7. The molecule has 12 atom stereocenters. The maximum Gasteiger partial charge on any atom is 0.302 e. The summed E-state index contributed by atoms with van der Waals surface area (Å²) in [6.07, 6.45) is 4.02. The number of carbonyl (C=O) groups is 1. The summed E-state index contributed by atoms with van der Waals surface area (Å²) in [5.41, 5.74) is -0.840. The van der Waals surface area contributed by atoms with E-state index < -0.39 is 42.3 Å². The zero-order valence-electron chi connectivity index (χ0n) is 23.4. The van der Waals surface area contributed by atoms with E-state index in [9.17, 15) is 25.2 Å². The Morgan fingerprint density at radius 1 is 1.05 bits per heavy atom. The van der Waals surface area contributed by atoms with Crippen LogP contribution in [0.5, 0.6) is 0 Å². The predicted octanol–water partition coefficient (Wildman–Crippen LogP) is 2.16. The van der Waals surface area contributed by atoms with Crippen molar-refractivity contribution in [2.75, 3.05) is 26.9 Å². The van der Waals surface area contributed by atoms with Crippen LogP contribution < -0.4 is 0 Å². The summed E-state index contributed by atoms with van der Waals surface area (Å²) in [5, 5.41) is 42.8. The summed E-state index contributed by atoms with van der Waals surface area (Å²) in [4.78, 5) is 11.4. The number of methoxy groups -OCH3 is 1. The minimum Gasteiger partial charge on any atom is -0.463 e. The molecule has 218 valence electrons. The van der Waals surface area contributed by atoms with Gasteiger partial charge in [0.2, 0.25) is 0 Å². The molecule has 0 radical (unpaired) electrons. The number of carbonyl (C=O) groups excluding carboxylic acids is 1. The molecular formula is C29H48O9. The highest BCUT2D eigenvalue weighted by molar-refractivity contribution is 5.65. The molecule has 1 spiro atoms. The lowest BCUT2D eigenvalue weighted by Crippen LogP contribution is -2.61. The Hall–Kier alpha value is -0.810. The molecule has 38 heavy (non-hydrogen) atoms. The van der Waals surface area contributed by atoms with Gasteiger partial charge in [-0.25, -0.2) is 0 Å². The van der Waals surface area contributed by atoms with Crippen LogP contribution in [0.15, 0.2) is 0 Å². The lowest BCUT2D eigenvalue weighted by atomic mass is 9.41. The normalized spacial score (nSPS) is 52.2. The summed E-state index contributed by atoms with van der Waals surface area (Å²) in [6, 6.07) is 0. The average molecular weight is 541 g/mol. The van der Waals surface area contributed by atoms with Gasteiger partial charge in [0, 0.05) is 14.0 Å². The van der Waals surface area contributed by atoms with Crippen LogP contribution in [0, 0.1) is 34.0 Å². The number of hydrogen-bond acceptors (Lipinski definition) is 9. The molecule has 4 aliphatic carbocycles. The number of esters is 1.